The van der Waals surface area contributed by atoms with E-state index in [0.29, 0.717) is 11.4 Å². The highest BCUT2D eigenvalue weighted by Gasteiger charge is 2.21. The van der Waals surface area contributed by atoms with Crippen molar-refractivity contribution in [2.45, 2.75) is 52.7 Å². The minimum absolute atomic E-state index is 0.0269. The van der Waals surface area contributed by atoms with E-state index >= 15 is 0 Å². The molecule has 2 N–H and O–H groups in total. The van der Waals surface area contributed by atoms with Gasteiger partial charge in [0.2, 0.25) is 0 Å². The van der Waals surface area contributed by atoms with Crippen LogP contribution in [0.25, 0.3) is 0 Å². The number of para-hydroxylation sites is 2. The molecular weight excluding hydrogens is 340 g/mol. The Bertz CT molecular complexity index is 807. The Balaban J connectivity index is 2.03. The van der Waals surface area contributed by atoms with Crippen LogP contribution in [-0.4, -0.2) is 17.9 Å². The molecule has 2 aromatic carbocycles. The minimum atomic E-state index is -0.686. The van der Waals surface area contributed by atoms with Gasteiger partial charge in [-0.25, -0.2) is 0 Å². The van der Waals surface area contributed by atoms with Crippen LogP contribution in [0.1, 0.15) is 45.7 Å². The van der Waals surface area contributed by atoms with Crippen LogP contribution in [0.5, 0.6) is 5.75 Å². The summed E-state index contributed by atoms with van der Waals surface area (Å²) in [6, 6.07) is 15.0. The molecule has 0 unspecified atom stereocenters. The smallest absolute Gasteiger partial charge is 0.313 e. The highest BCUT2D eigenvalue weighted by molar-refractivity contribution is 6.39. The van der Waals surface area contributed by atoms with Gasteiger partial charge in [-0.3, -0.25) is 9.59 Å². The fourth-order valence-electron chi connectivity index (χ4n) is 2.70. The lowest BCUT2D eigenvalue weighted by molar-refractivity contribution is -0.136. The molecule has 0 spiro atoms. The Morgan fingerprint density at radius 3 is 2.26 bits per heavy atom. The maximum Gasteiger partial charge on any atom is 0.313 e. The van der Waals surface area contributed by atoms with Gasteiger partial charge in [0.05, 0.1) is 6.10 Å². The van der Waals surface area contributed by atoms with Crippen LogP contribution in [0.15, 0.2) is 48.5 Å². The topological polar surface area (TPSA) is 67.4 Å². The van der Waals surface area contributed by atoms with E-state index < -0.39 is 11.8 Å². The van der Waals surface area contributed by atoms with Crippen LogP contribution in [0, 0.1) is 0 Å². The predicted molar refractivity (Wildman–Crippen MR) is 108 cm³/mol. The van der Waals surface area contributed by atoms with E-state index in [1.54, 1.807) is 6.07 Å². The molecule has 0 bridgehead atoms. The molecule has 0 saturated heterocycles. The number of hydrogen-bond donors (Lipinski definition) is 2. The summed E-state index contributed by atoms with van der Waals surface area (Å²) in [4.78, 5) is 24.6. The maximum atomic E-state index is 12.3. The summed E-state index contributed by atoms with van der Waals surface area (Å²) >= 11 is 0. The molecule has 27 heavy (non-hydrogen) atoms. The van der Waals surface area contributed by atoms with Gasteiger partial charge in [0.25, 0.3) is 0 Å². The average Bonchev–Trinajstić information content (AvgIpc) is 2.59. The highest BCUT2D eigenvalue weighted by Crippen LogP contribution is 2.29. The van der Waals surface area contributed by atoms with Crippen molar-refractivity contribution in [2.24, 2.45) is 0 Å². The third-order valence-corrected chi connectivity index (χ3v) is 3.96. The summed E-state index contributed by atoms with van der Waals surface area (Å²) < 4.78 is 5.74. The van der Waals surface area contributed by atoms with E-state index in [0.717, 1.165) is 11.1 Å². The predicted octanol–water partition coefficient (Wildman–Crippen LogP) is 4.03. The highest BCUT2D eigenvalue weighted by atomic mass is 16.5. The van der Waals surface area contributed by atoms with Gasteiger partial charge in [-0.1, -0.05) is 57.2 Å². The van der Waals surface area contributed by atoms with Crippen molar-refractivity contribution in [3.63, 3.8) is 0 Å². The second-order valence-electron chi connectivity index (χ2n) is 7.71. The third-order valence-electron chi connectivity index (χ3n) is 3.96. The van der Waals surface area contributed by atoms with E-state index in [1.807, 2.05) is 56.3 Å². The molecule has 0 aliphatic heterocycles. The van der Waals surface area contributed by atoms with E-state index in [9.17, 15) is 9.59 Å². The van der Waals surface area contributed by atoms with Crippen molar-refractivity contribution >= 4 is 17.5 Å². The summed E-state index contributed by atoms with van der Waals surface area (Å²) in [5.74, 6) is -0.668. The van der Waals surface area contributed by atoms with Crippen LogP contribution in [0.4, 0.5) is 5.69 Å². The van der Waals surface area contributed by atoms with Crippen LogP contribution >= 0.6 is 0 Å². The molecule has 0 saturated carbocycles. The Labute approximate surface area is 161 Å². The van der Waals surface area contributed by atoms with E-state index in [1.165, 1.54) is 0 Å². The van der Waals surface area contributed by atoms with Crippen LogP contribution in [-0.2, 0) is 21.5 Å². The molecule has 2 amide bonds. The van der Waals surface area contributed by atoms with Gasteiger partial charge >= 0.3 is 11.8 Å². The van der Waals surface area contributed by atoms with Crippen LogP contribution in [0.3, 0.4) is 0 Å². The number of amides is 2. The van der Waals surface area contributed by atoms with Gasteiger partial charge < -0.3 is 15.4 Å². The summed E-state index contributed by atoms with van der Waals surface area (Å²) in [5.41, 5.74) is 2.30. The molecule has 0 radical (unpaired) electrons. The van der Waals surface area contributed by atoms with Gasteiger partial charge in [0.15, 0.2) is 0 Å². The molecule has 0 aliphatic rings. The fraction of sp³-hybridized carbons (Fsp3) is 0.364. The quantitative estimate of drug-likeness (QED) is 0.783. The summed E-state index contributed by atoms with van der Waals surface area (Å²) in [6.07, 6.45) is 0.0269. The Morgan fingerprint density at radius 1 is 0.963 bits per heavy atom. The lowest BCUT2D eigenvalue weighted by Crippen LogP contribution is -2.35. The van der Waals surface area contributed by atoms with Gasteiger partial charge in [-0.05, 0) is 37.0 Å². The minimum Gasteiger partial charge on any atom is -0.491 e. The molecule has 0 aliphatic carbocycles. The lowest BCUT2D eigenvalue weighted by atomic mass is 9.86. The Kier molecular flexibility index (Phi) is 6.61. The van der Waals surface area contributed by atoms with Crippen LogP contribution < -0.4 is 15.4 Å². The van der Waals surface area contributed by atoms with Gasteiger partial charge in [-0.15, -0.1) is 0 Å². The maximum absolute atomic E-state index is 12.3. The average molecular weight is 368 g/mol. The van der Waals surface area contributed by atoms with Crippen LogP contribution in [0.2, 0.25) is 0 Å². The Hall–Kier alpha value is -2.82. The van der Waals surface area contributed by atoms with E-state index in [-0.39, 0.29) is 18.1 Å². The number of carbonyl (C=O) groups is 2. The second-order valence-corrected chi connectivity index (χ2v) is 7.71. The molecule has 5 heteroatoms. The van der Waals surface area contributed by atoms with Crippen molar-refractivity contribution < 1.29 is 14.3 Å². The zero-order valence-electron chi connectivity index (χ0n) is 16.6. The van der Waals surface area contributed by atoms with Crippen molar-refractivity contribution in [1.82, 2.24) is 5.32 Å². The second kappa shape index (κ2) is 8.71. The number of nitrogens with one attached hydrogen (secondary N) is 2. The normalized spacial score (nSPS) is 11.2. The van der Waals surface area contributed by atoms with E-state index in [4.69, 9.17) is 4.74 Å². The number of hydrogen-bond acceptors (Lipinski definition) is 3. The number of ether oxygens (including phenoxy) is 1. The summed E-state index contributed by atoms with van der Waals surface area (Å²) in [7, 11) is 0. The fourth-order valence-corrected chi connectivity index (χ4v) is 2.70. The molecule has 2 aromatic rings. The first kappa shape index (κ1) is 20.5. The summed E-state index contributed by atoms with van der Waals surface area (Å²) in [6.45, 7) is 10.3. The number of anilines is 1. The third kappa shape index (κ3) is 5.84. The SMILES string of the molecule is CC(C)Oc1ccccc1CNC(=O)C(=O)Nc1ccccc1C(C)(C)C. The van der Waals surface area contributed by atoms with Gasteiger partial charge in [0, 0.05) is 17.8 Å². The monoisotopic (exact) mass is 368 g/mol. The van der Waals surface area contributed by atoms with Gasteiger partial charge in [0.1, 0.15) is 5.75 Å². The van der Waals surface area contributed by atoms with Crippen molar-refractivity contribution in [3.8, 4) is 5.75 Å². The standard InChI is InChI=1S/C22H28N2O3/c1-15(2)27-19-13-9-6-10-16(19)14-23-20(25)21(26)24-18-12-8-7-11-17(18)22(3,4)5/h6-13,15H,14H2,1-5H3,(H,23,25)(H,24,26). The molecule has 144 valence electrons. The van der Waals surface area contributed by atoms with Gasteiger partial charge in [-0.2, -0.15) is 0 Å². The van der Waals surface area contributed by atoms with Crippen molar-refractivity contribution in [2.75, 3.05) is 5.32 Å². The molecule has 5 nitrogen and oxygen atoms in total. The zero-order chi connectivity index (χ0) is 20.0. The lowest BCUT2D eigenvalue weighted by Gasteiger charge is -2.22. The first-order valence-electron chi connectivity index (χ1n) is 9.11. The first-order valence-corrected chi connectivity index (χ1v) is 9.11. The first-order chi connectivity index (χ1) is 12.7. The Morgan fingerprint density at radius 2 is 1.59 bits per heavy atom. The number of benzene rings is 2. The molecular formula is C22H28N2O3. The molecule has 0 heterocycles. The largest absolute Gasteiger partial charge is 0.491 e. The molecule has 0 fully saturated rings. The summed E-state index contributed by atoms with van der Waals surface area (Å²) in [5, 5.41) is 5.38. The van der Waals surface area contributed by atoms with Crippen molar-refractivity contribution in [3.05, 3.63) is 59.7 Å². The molecule has 0 atom stereocenters. The molecule has 0 aromatic heterocycles. The molecule has 2 rings (SSSR count). The number of rotatable bonds is 5. The van der Waals surface area contributed by atoms with Crippen molar-refractivity contribution in [1.29, 1.82) is 0 Å². The zero-order valence-corrected chi connectivity index (χ0v) is 16.6. The number of carbonyl (C=O) groups excluding carboxylic acids is 2. The van der Waals surface area contributed by atoms with E-state index in [2.05, 4.69) is 31.4 Å².